The minimum atomic E-state index is -0.435. The van der Waals surface area contributed by atoms with E-state index in [0.717, 1.165) is 31.5 Å². The Labute approximate surface area is 135 Å². The van der Waals surface area contributed by atoms with Gasteiger partial charge in [-0.25, -0.2) is 0 Å². The molecule has 0 spiro atoms. The standard InChI is InChI=1S/C17H21N3O3/c1-11-5-4-6-19(10-11)15-13(9-18)16-12(7-14(15)20(21)22)8-17(2,3)23-16/h7,11H,4-6,8,10H2,1-3H3/t11-/m1/s1. The molecule has 0 aliphatic carbocycles. The van der Waals surface area contributed by atoms with Crippen LogP contribution >= 0.6 is 0 Å². The highest BCUT2D eigenvalue weighted by atomic mass is 16.6. The predicted molar refractivity (Wildman–Crippen MR) is 86.8 cm³/mol. The van der Waals surface area contributed by atoms with Crippen LogP contribution in [0.1, 0.15) is 44.7 Å². The number of nitriles is 1. The van der Waals surface area contributed by atoms with Crippen LogP contribution in [0.5, 0.6) is 5.75 Å². The summed E-state index contributed by atoms with van der Waals surface area (Å²) in [5.41, 5.74) is 1.09. The summed E-state index contributed by atoms with van der Waals surface area (Å²) in [5, 5.41) is 21.3. The van der Waals surface area contributed by atoms with Gasteiger partial charge in [-0.15, -0.1) is 0 Å². The average Bonchev–Trinajstić information content (AvgIpc) is 2.78. The third-order valence-corrected chi connectivity index (χ3v) is 4.59. The van der Waals surface area contributed by atoms with Crippen molar-refractivity contribution >= 4 is 11.4 Å². The number of hydrogen-bond donors (Lipinski definition) is 0. The first kappa shape index (κ1) is 15.6. The molecule has 3 rings (SSSR count). The van der Waals surface area contributed by atoms with Crippen LogP contribution in [-0.4, -0.2) is 23.6 Å². The van der Waals surface area contributed by atoms with Crippen LogP contribution in [0, 0.1) is 27.4 Å². The van der Waals surface area contributed by atoms with E-state index in [-0.39, 0.29) is 10.6 Å². The molecule has 2 heterocycles. The summed E-state index contributed by atoms with van der Waals surface area (Å²) in [6.45, 7) is 7.47. The van der Waals surface area contributed by atoms with Crippen LogP contribution in [0.3, 0.4) is 0 Å². The van der Waals surface area contributed by atoms with Crippen LogP contribution in [0.2, 0.25) is 0 Å². The van der Waals surface area contributed by atoms with Crippen molar-refractivity contribution in [2.24, 2.45) is 5.92 Å². The second-order valence-electron chi connectivity index (χ2n) is 7.21. The van der Waals surface area contributed by atoms with Gasteiger partial charge in [-0.2, -0.15) is 5.26 Å². The lowest BCUT2D eigenvalue weighted by Gasteiger charge is -2.33. The van der Waals surface area contributed by atoms with E-state index in [4.69, 9.17) is 4.74 Å². The van der Waals surface area contributed by atoms with Crippen molar-refractivity contribution < 1.29 is 9.66 Å². The number of piperidine rings is 1. The Hall–Kier alpha value is -2.29. The summed E-state index contributed by atoms with van der Waals surface area (Å²) in [4.78, 5) is 13.2. The van der Waals surface area contributed by atoms with Crippen LogP contribution in [0.4, 0.5) is 11.4 Å². The predicted octanol–water partition coefficient (Wildman–Crippen LogP) is 3.42. The monoisotopic (exact) mass is 315 g/mol. The van der Waals surface area contributed by atoms with Gasteiger partial charge in [0.05, 0.1) is 4.92 Å². The molecule has 0 amide bonds. The molecule has 1 atom stereocenters. The van der Waals surface area contributed by atoms with Crippen molar-refractivity contribution in [1.29, 1.82) is 5.26 Å². The quantitative estimate of drug-likeness (QED) is 0.617. The average molecular weight is 315 g/mol. The van der Waals surface area contributed by atoms with Gasteiger partial charge >= 0.3 is 0 Å². The van der Waals surface area contributed by atoms with E-state index in [9.17, 15) is 15.4 Å². The molecule has 1 aromatic rings. The van der Waals surface area contributed by atoms with E-state index >= 15 is 0 Å². The van der Waals surface area contributed by atoms with Gasteiger partial charge in [0, 0.05) is 31.1 Å². The van der Waals surface area contributed by atoms with Gasteiger partial charge in [0.15, 0.2) is 0 Å². The van der Waals surface area contributed by atoms with E-state index in [1.165, 1.54) is 0 Å². The summed E-state index contributed by atoms with van der Waals surface area (Å²) >= 11 is 0. The van der Waals surface area contributed by atoms with Crippen molar-refractivity contribution in [3.05, 3.63) is 27.3 Å². The second-order valence-corrected chi connectivity index (χ2v) is 7.21. The number of nitrogens with zero attached hydrogens (tertiary/aromatic N) is 3. The molecular formula is C17H21N3O3. The van der Waals surface area contributed by atoms with Crippen molar-refractivity contribution in [2.45, 2.75) is 45.6 Å². The lowest BCUT2D eigenvalue weighted by Crippen LogP contribution is -2.35. The zero-order valence-electron chi connectivity index (χ0n) is 13.8. The van der Waals surface area contributed by atoms with Crippen molar-refractivity contribution in [3.63, 3.8) is 0 Å². The molecule has 2 aliphatic heterocycles. The SMILES string of the molecule is C[C@@H]1CCCN(c2c([N+](=O)[O-])cc3c(c2C#N)OC(C)(C)C3)C1. The van der Waals surface area contributed by atoms with Gasteiger partial charge in [-0.3, -0.25) is 10.1 Å². The summed E-state index contributed by atoms with van der Waals surface area (Å²) in [6.07, 6.45) is 2.67. The van der Waals surface area contributed by atoms with Crippen molar-refractivity contribution in [1.82, 2.24) is 0 Å². The summed E-state index contributed by atoms with van der Waals surface area (Å²) < 4.78 is 5.94. The molecule has 0 N–H and O–H groups in total. The van der Waals surface area contributed by atoms with E-state index < -0.39 is 5.60 Å². The molecule has 2 aliphatic rings. The summed E-state index contributed by atoms with van der Waals surface area (Å²) in [5.74, 6) is 0.983. The maximum Gasteiger partial charge on any atom is 0.294 e. The Balaban J connectivity index is 2.18. The van der Waals surface area contributed by atoms with E-state index in [0.29, 0.717) is 29.3 Å². The van der Waals surface area contributed by atoms with Crippen molar-refractivity contribution in [2.75, 3.05) is 18.0 Å². The Morgan fingerprint density at radius 3 is 2.87 bits per heavy atom. The summed E-state index contributed by atoms with van der Waals surface area (Å²) in [7, 11) is 0. The molecule has 1 saturated heterocycles. The summed E-state index contributed by atoms with van der Waals surface area (Å²) in [6, 6.07) is 3.77. The van der Waals surface area contributed by atoms with Gasteiger partial charge in [0.1, 0.15) is 28.7 Å². The fourth-order valence-corrected chi connectivity index (χ4v) is 3.67. The normalized spacial score (nSPS) is 22.2. The first-order valence-corrected chi connectivity index (χ1v) is 8.00. The highest BCUT2D eigenvalue weighted by Gasteiger charge is 2.38. The van der Waals surface area contributed by atoms with E-state index in [1.807, 2.05) is 18.7 Å². The van der Waals surface area contributed by atoms with E-state index in [2.05, 4.69) is 13.0 Å². The maximum absolute atomic E-state index is 11.6. The minimum absolute atomic E-state index is 0.0238. The zero-order chi connectivity index (χ0) is 16.8. The Bertz CT molecular complexity index is 706. The third-order valence-electron chi connectivity index (χ3n) is 4.59. The number of rotatable bonds is 2. The Morgan fingerprint density at radius 2 is 2.26 bits per heavy atom. The molecule has 0 aromatic heterocycles. The molecule has 1 fully saturated rings. The lowest BCUT2D eigenvalue weighted by atomic mass is 9.96. The number of nitro benzene ring substituents is 1. The Morgan fingerprint density at radius 1 is 1.52 bits per heavy atom. The van der Waals surface area contributed by atoms with E-state index in [1.54, 1.807) is 6.07 Å². The molecule has 23 heavy (non-hydrogen) atoms. The molecule has 0 saturated carbocycles. The van der Waals surface area contributed by atoms with Gasteiger partial charge in [0.2, 0.25) is 0 Å². The Kier molecular flexibility index (Phi) is 3.67. The number of nitro groups is 1. The highest BCUT2D eigenvalue weighted by Crippen LogP contribution is 2.46. The number of hydrogen-bond acceptors (Lipinski definition) is 5. The van der Waals surface area contributed by atoms with Crippen LogP contribution in [0.25, 0.3) is 0 Å². The lowest BCUT2D eigenvalue weighted by molar-refractivity contribution is -0.384. The van der Waals surface area contributed by atoms with Crippen LogP contribution < -0.4 is 9.64 Å². The fourth-order valence-electron chi connectivity index (χ4n) is 3.67. The van der Waals surface area contributed by atoms with Gasteiger partial charge < -0.3 is 9.64 Å². The second kappa shape index (κ2) is 5.41. The smallest absolute Gasteiger partial charge is 0.294 e. The molecule has 0 bridgehead atoms. The largest absolute Gasteiger partial charge is 0.486 e. The molecule has 0 radical (unpaired) electrons. The first-order chi connectivity index (χ1) is 10.8. The minimum Gasteiger partial charge on any atom is -0.486 e. The molecule has 1 aromatic carbocycles. The molecule has 122 valence electrons. The number of anilines is 1. The molecular weight excluding hydrogens is 294 g/mol. The topological polar surface area (TPSA) is 79.4 Å². The molecule has 6 heteroatoms. The third kappa shape index (κ3) is 2.72. The van der Waals surface area contributed by atoms with Crippen molar-refractivity contribution in [3.8, 4) is 11.8 Å². The van der Waals surface area contributed by atoms with Crippen LogP contribution in [0.15, 0.2) is 6.07 Å². The van der Waals surface area contributed by atoms with Gasteiger partial charge in [-0.1, -0.05) is 6.92 Å². The van der Waals surface area contributed by atoms with Gasteiger partial charge in [0.25, 0.3) is 5.69 Å². The number of ether oxygens (including phenoxy) is 1. The highest BCUT2D eigenvalue weighted by molar-refractivity contribution is 5.78. The first-order valence-electron chi connectivity index (χ1n) is 8.00. The molecule has 0 unspecified atom stereocenters. The van der Waals surface area contributed by atoms with Gasteiger partial charge in [-0.05, 0) is 32.6 Å². The molecule has 6 nitrogen and oxygen atoms in total. The number of fused-ring (bicyclic) bond motifs is 1. The fraction of sp³-hybridized carbons (Fsp3) is 0.588. The zero-order valence-corrected chi connectivity index (χ0v) is 13.8. The maximum atomic E-state index is 11.6. The number of benzene rings is 1. The van der Waals surface area contributed by atoms with Crippen LogP contribution in [-0.2, 0) is 6.42 Å².